The van der Waals surface area contributed by atoms with E-state index in [0.29, 0.717) is 11.0 Å². The summed E-state index contributed by atoms with van der Waals surface area (Å²) in [6.45, 7) is 4.66. The monoisotopic (exact) mass is 290 g/mol. The average molecular weight is 290 g/mol. The lowest BCUT2D eigenvalue weighted by molar-refractivity contribution is 0.175. The number of hydrogen-bond donors (Lipinski definition) is 1. The maximum absolute atomic E-state index is 5.79. The number of anilines is 1. The Labute approximate surface area is 126 Å². The summed E-state index contributed by atoms with van der Waals surface area (Å²) in [6, 6.07) is 4.72. The fraction of sp³-hybridized carbons (Fsp3) is 0.600. The van der Waals surface area contributed by atoms with Gasteiger partial charge in [0.2, 0.25) is 0 Å². The molecular weight excluding hydrogens is 268 g/mol. The summed E-state index contributed by atoms with van der Waals surface area (Å²) in [4.78, 5) is 9.77. The molecule has 0 amide bonds. The van der Waals surface area contributed by atoms with Gasteiger partial charge in [0.05, 0.1) is 5.69 Å². The van der Waals surface area contributed by atoms with Gasteiger partial charge in [-0.3, -0.25) is 9.88 Å². The maximum atomic E-state index is 5.79. The highest BCUT2D eigenvalue weighted by Crippen LogP contribution is 2.26. The van der Waals surface area contributed by atoms with E-state index in [0.717, 1.165) is 24.5 Å². The van der Waals surface area contributed by atoms with Gasteiger partial charge in [0, 0.05) is 25.3 Å². The van der Waals surface area contributed by atoms with Gasteiger partial charge < -0.3 is 10.6 Å². The van der Waals surface area contributed by atoms with Crippen molar-refractivity contribution in [2.75, 3.05) is 31.1 Å². The van der Waals surface area contributed by atoms with E-state index < -0.39 is 0 Å². The van der Waals surface area contributed by atoms with Gasteiger partial charge in [-0.1, -0.05) is 18.6 Å². The number of pyridine rings is 1. The van der Waals surface area contributed by atoms with E-state index in [1.54, 1.807) is 6.20 Å². The minimum absolute atomic E-state index is 0.391. The van der Waals surface area contributed by atoms with Crippen LogP contribution in [0.4, 0.5) is 5.69 Å². The molecule has 1 aromatic heterocycles. The second kappa shape index (κ2) is 6.06. The molecule has 5 heteroatoms. The molecule has 0 aromatic carbocycles. The number of hydrogen-bond acceptors (Lipinski definition) is 4. The first kappa shape index (κ1) is 13.8. The van der Waals surface area contributed by atoms with Gasteiger partial charge in [-0.25, -0.2) is 0 Å². The molecule has 3 rings (SSSR count). The van der Waals surface area contributed by atoms with E-state index in [-0.39, 0.29) is 0 Å². The van der Waals surface area contributed by atoms with Crippen LogP contribution in [0.1, 0.15) is 31.4 Å². The van der Waals surface area contributed by atoms with E-state index in [2.05, 4.69) is 20.9 Å². The first-order valence-electron chi connectivity index (χ1n) is 7.49. The fourth-order valence-corrected chi connectivity index (χ4v) is 3.54. The van der Waals surface area contributed by atoms with Gasteiger partial charge in [-0.05, 0) is 44.5 Å². The highest BCUT2D eigenvalue weighted by molar-refractivity contribution is 7.80. The van der Waals surface area contributed by atoms with E-state index >= 15 is 0 Å². The van der Waals surface area contributed by atoms with Crippen LogP contribution in [0.3, 0.4) is 0 Å². The number of likely N-dealkylation sites (tertiary alicyclic amines) is 1. The zero-order valence-electron chi connectivity index (χ0n) is 11.8. The third-order valence-corrected chi connectivity index (χ3v) is 4.62. The first-order valence-corrected chi connectivity index (χ1v) is 7.90. The highest BCUT2D eigenvalue weighted by Gasteiger charge is 2.29. The SMILES string of the molecule is NC(=S)c1ncccc1N1CCC(N2CCCCC2)C1. The molecule has 2 aliphatic rings. The molecule has 2 saturated heterocycles. The standard InChI is InChI=1S/C15H22N4S/c16-15(20)14-13(5-4-7-17-14)19-10-6-12(11-19)18-8-2-1-3-9-18/h4-5,7,12H,1-3,6,8-11H2,(H2,16,20). The molecule has 1 atom stereocenters. The highest BCUT2D eigenvalue weighted by atomic mass is 32.1. The lowest BCUT2D eigenvalue weighted by Gasteiger charge is -2.32. The third-order valence-electron chi connectivity index (χ3n) is 4.43. The minimum Gasteiger partial charge on any atom is -0.388 e. The number of piperidine rings is 1. The smallest absolute Gasteiger partial charge is 0.124 e. The molecule has 4 nitrogen and oxygen atoms in total. The molecule has 0 aliphatic carbocycles. The molecule has 108 valence electrons. The Balaban J connectivity index is 1.72. The molecule has 2 fully saturated rings. The Morgan fingerprint density at radius 1 is 1.25 bits per heavy atom. The summed E-state index contributed by atoms with van der Waals surface area (Å²) in [6.07, 6.45) is 7.08. The van der Waals surface area contributed by atoms with Crippen LogP contribution in [0.25, 0.3) is 0 Å². The summed E-state index contributed by atoms with van der Waals surface area (Å²) < 4.78 is 0. The van der Waals surface area contributed by atoms with Crippen LogP contribution in [0.5, 0.6) is 0 Å². The molecule has 3 heterocycles. The average Bonchev–Trinajstić information content (AvgIpc) is 2.98. The van der Waals surface area contributed by atoms with Crippen LogP contribution in [0.15, 0.2) is 18.3 Å². The fourth-order valence-electron chi connectivity index (χ4n) is 3.38. The summed E-state index contributed by atoms with van der Waals surface area (Å²) >= 11 is 5.12. The van der Waals surface area contributed by atoms with Gasteiger partial charge in [0.15, 0.2) is 0 Å². The van der Waals surface area contributed by atoms with Crippen molar-refractivity contribution in [3.05, 3.63) is 24.0 Å². The van der Waals surface area contributed by atoms with Crippen LogP contribution >= 0.6 is 12.2 Å². The van der Waals surface area contributed by atoms with E-state index in [4.69, 9.17) is 18.0 Å². The molecule has 0 bridgehead atoms. The van der Waals surface area contributed by atoms with Crippen LogP contribution in [0.2, 0.25) is 0 Å². The number of nitrogens with zero attached hydrogens (tertiary/aromatic N) is 3. The van der Waals surface area contributed by atoms with Gasteiger partial charge >= 0.3 is 0 Å². The molecule has 0 radical (unpaired) electrons. The molecule has 1 unspecified atom stereocenters. The van der Waals surface area contributed by atoms with Gasteiger partial charge in [0.1, 0.15) is 10.7 Å². The molecule has 2 N–H and O–H groups in total. The van der Waals surface area contributed by atoms with Crippen molar-refractivity contribution >= 4 is 22.9 Å². The minimum atomic E-state index is 0.391. The van der Waals surface area contributed by atoms with Crippen molar-refractivity contribution in [1.29, 1.82) is 0 Å². The zero-order chi connectivity index (χ0) is 13.9. The first-order chi connectivity index (χ1) is 9.75. The number of nitrogens with two attached hydrogens (primary N) is 1. The summed E-state index contributed by atoms with van der Waals surface area (Å²) in [5, 5.41) is 0. The Morgan fingerprint density at radius 2 is 2.05 bits per heavy atom. The second-order valence-corrected chi connectivity index (χ2v) is 6.16. The van der Waals surface area contributed by atoms with Crippen LogP contribution in [-0.2, 0) is 0 Å². The maximum Gasteiger partial charge on any atom is 0.124 e. The van der Waals surface area contributed by atoms with Crippen molar-refractivity contribution in [2.45, 2.75) is 31.7 Å². The third kappa shape index (κ3) is 2.79. The molecule has 20 heavy (non-hydrogen) atoms. The van der Waals surface area contributed by atoms with Crippen molar-refractivity contribution in [3.8, 4) is 0 Å². The molecule has 0 saturated carbocycles. The summed E-state index contributed by atoms with van der Waals surface area (Å²) in [5.41, 5.74) is 7.65. The normalized spacial score (nSPS) is 24.0. The van der Waals surface area contributed by atoms with Crippen molar-refractivity contribution in [1.82, 2.24) is 9.88 Å². The van der Waals surface area contributed by atoms with E-state index in [1.807, 2.05) is 6.07 Å². The van der Waals surface area contributed by atoms with E-state index in [9.17, 15) is 0 Å². The Hall–Kier alpha value is -1.20. The Kier molecular flexibility index (Phi) is 4.17. The van der Waals surface area contributed by atoms with Crippen molar-refractivity contribution < 1.29 is 0 Å². The van der Waals surface area contributed by atoms with Crippen LogP contribution < -0.4 is 10.6 Å². The molecule has 0 spiro atoms. The topological polar surface area (TPSA) is 45.4 Å². The summed E-state index contributed by atoms with van der Waals surface area (Å²) in [7, 11) is 0. The van der Waals surface area contributed by atoms with Crippen molar-refractivity contribution in [3.63, 3.8) is 0 Å². The quantitative estimate of drug-likeness (QED) is 0.860. The summed E-state index contributed by atoms with van der Waals surface area (Å²) in [5.74, 6) is 0. The van der Waals surface area contributed by atoms with Crippen molar-refractivity contribution in [2.24, 2.45) is 5.73 Å². The molecule has 1 aromatic rings. The predicted octanol–water partition coefficient (Wildman–Crippen LogP) is 1.78. The second-order valence-electron chi connectivity index (χ2n) is 5.72. The van der Waals surface area contributed by atoms with Gasteiger partial charge in [-0.15, -0.1) is 0 Å². The Morgan fingerprint density at radius 3 is 2.80 bits per heavy atom. The number of aromatic nitrogens is 1. The largest absolute Gasteiger partial charge is 0.388 e. The number of thiocarbonyl (C=S) groups is 1. The number of rotatable bonds is 3. The van der Waals surface area contributed by atoms with E-state index in [1.165, 1.54) is 38.8 Å². The predicted molar refractivity (Wildman–Crippen MR) is 86.2 cm³/mol. The zero-order valence-corrected chi connectivity index (χ0v) is 12.6. The molecular formula is C15H22N4S. The molecule has 2 aliphatic heterocycles. The van der Waals surface area contributed by atoms with Crippen LogP contribution in [-0.4, -0.2) is 47.1 Å². The lowest BCUT2D eigenvalue weighted by atomic mass is 10.1. The Bertz CT molecular complexity index is 485. The lowest BCUT2D eigenvalue weighted by Crippen LogP contribution is -2.41. The van der Waals surface area contributed by atoms with Crippen LogP contribution in [0, 0.1) is 0 Å². The van der Waals surface area contributed by atoms with Gasteiger partial charge in [0.25, 0.3) is 0 Å². The van der Waals surface area contributed by atoms with Gasteiger partial charge in [-0.2, -0.15) is 0 Å².